The van der Waals surface area contributed by atoms with Crippen LogP contribution in [0.2, 0.25) is 0 Å². The molecule has 8 heteroatoms. The van der Waals surface area contributed by atoms with E-state index in [1.807, 2.05) is 0 Å². The predicted octanol–water partition coefficient (Wildman–Crippen LogP) is 4.05. The van der Waals surface area contributed by atoms with Gasteiger partial charge in [0.2, 0.25) is 0 Å². The first kappa shape index (κ1) is 26.7. The molecule has 0 radical (unpaired) electrons. The molecule has 2 aromatic carbocycles. The molecular weight excluding hydrogens is 442 g/mol. The summed E-state index contributed by atoms with van der Waals surface area (Å²) < 4.78 is 35.3. The summed E-state index contributed by atoms with van der Waals surface area (Å²) in [6.07, 6.45) is -0.175. The molecule has 182 valence electrons. The number of carboxylic acids is 1. The van der Waals surface area contributed by atoms with E-state index in [2.05, 4.69) is 32.6 Å². The molecule has 0 aliphatic carbocycles. The molecule has 1 atom stereocenters. The molecule has 1 N–H and O–H groups in total. The topological polar surface area (TPSA) is 93.1 Å². The number of rotatable bonds is 12. The van der Waals surface area contributed by atoms with Crippen LogP contribution in [-0.4, -0.2) is 61.5 Å². The Hall–Kier alpha value is -2.58. The molecule has 0 spiro atoms. The van der Waals surface area contributed by atoms with Crippen molar-refractivity contribution in [1.29, 1.82) is 0 Å². The summed E-state index contributed by atoms with van der Waals surface area (Å²) in [5.41, 5.74) is 0.593. The molecule has 0 aromatic heterocycles. The molecule has 0 saturated carbocycles. The third-order valence-corrected chi connectivity index (χ3v) is 8.22. The molecule has 1 unspecified atom stereocenters. The van der Waals surface area contributed by atoms with Crippen LogP contribution >= 0.6 is 0 Å². The van der Waals surface area contributed by atoms with Gasteiger partial charge < -0.3 is 14.6 Å². The molecule has 0 fully saturated rings. The fourth-order valence-electron chi connectivity index (χ4n) is 3.78. The van der Waals surface area contributed by atoms with E-state index in [9.17, 15) is 18.3 Å². The van der Waals surface area contributed by atoms with Crippen LogP contribution < -0.4 is 9.47 Å². The minimum atomic E-state index is -4.17. The van der Waals surface area contributed by atoms with Crippen molar-refractivity contribution in [3.63, 3.8) is 0 Å². The maximum Gasteiger partial charge on any atom is 0.325 e. The number of hydrogen-bond donors (Lipinski definition) is 1. The molecule has 33 heavy (non-hydrogen) atoms. The quantitative estimate of drug-likeness (QED) is 0.493. The lowest BCUT2D eigenvalue weighted by Gasteiger charge is -2.30. The second kappa shape index (κ2) is 11.0. The number of ether oxygens (including phenoxy) is 2. The Labute approximate surface area is 197 Å². The van der Waals surface area contributed by atoms with E-state index in [4.69, 9.17) is 9.47 Å². The number of hydrogen-bond acceptors (Lipinski definition) is 6. The zero-order valence-corrected chi connectivity index (χ0v) is 21.1. The van der Waals surface area contributed by atoms with Crippen LogP contribution in [0.15, 0.2) is 53.4 Å². The van der Waals surface area contributed by atoms with Gasteiger partial charge in [0, 0.05) is 25.0 Å². The molecule has 0 heterocycles. The van der Waals surface area contributed by atoms with Crippen LogP contribution in [0.3, 0.4) is 0 Å². The summed E-state index contributed by atoms with van der Waals surface area (Å²) in [5, 5.41) is 9.87. The molecule has 2 rings (SSSR count). The molecule has 0 saturated heterocycles. The number of nitrogens with zero attached hydrogens (tertiary/aromatic N) is 1. The lowest BCUT2D eigenvalue weighted by atomic mass is 10.0. The monoisotopic (exact) mass is 477 g/mol. The lowest BCUT2D eigenvalue weighted by Crippen LogP contribution is -2.45. The normalized spacial score (nSPS) is 13.8. The van der Waals surface area contributed by atoms with Crippen molar-refractivity contribution >= 4 is 15.8 Å². The highest BCUT2D eigenvalue weighted by Gasteiger charge is 2.47. The minimum absolute atomic E-state index is 0.0620. The zero-order valence-electron chi connectivity index (χ0n) is 20.2. The summed E-state index contributed by atoms with van der Waals surface area (Å²) in [6, 6.07) is 13.5. The Morgan fingerprint density at radius 3 is 1.94 bits per heavy atom. The maximum atomic E-state index is 13.2. The number of carbonyl (C=O) groups is 1. The SMILES string of the molecule is COc1ccc(S(=O)(=O)C(C)(Cc2ccc(OCCN(C(C)C)C(C)C)cc2)C(=O)O)cc1. The van der Waals surface area contributed by atoms with Gasteiger partial charge in [0.15, 0.2) is 14.6 Å². The van der Waals surface area contributed by atoms with Crippen LogP contribution in [0.25, 0.3) is 0 Å². The maximum absolute atomic E-state index is 13.2. The van der Waals surface area contributed by atoms with Crippen LogP contribution in [0.1, 0.15) is 40.2 Å². The Bertz CT molecular complexity index is 1010. The highest BCUT2D eigenvalue weighted by molar-refractivity contribution is 7.93. The average molecular weight is 478 g/mol. The van der Waals surface area contributed by atoms with Gasteiger partial charge in [-0.3, -0.25) is 9.69 Å². The van der Waals surface area contributed by atoms with Gasteiger partial charge in [0.05, 0.1) is 12.0 Å². The average Bonchev–Trinajstić information content (AvgIpc) is 2.77. The third-order valence-electron chi connectivity index (χ3n) is 5.82. The van der Waals surface area contributed by atoms with Crippen molar-refractivity contribution in [2.45, 2.75) is 62.8 Å². The third kappa shape index (κ3) is 6.26. The number of methoxy groups -OCH3 is 1. The number of sulfone groups is 1. The standard InChI is InChI=1S/C25H35NO6S/c1-18(2)26(19(3)4)15-16-32-22-9-7-20(8-10-22)17-25(5,24(27)28)33(29,30)23-13-11-21(31-6)12-14-23/h7-14,18-19H,15-17H2,1-6H3,(H,27,28). The van der Waals surface area contributed by atoms with Gasteiger partial charge >= 0.3 is 5.97 Å². The first-order valence-electron chi connectivity index (χ1n) is 11.0. The Balaban J connectivity index is 2.15. The van der Waals surface area contributed by atoms with Gasteiger partial charge in [-0.25, -0.2) is 8.42 Å². The molecule has 0 aliphatic heterocycles. The number of benzene rings is 2. The molecular formula is C25H35NO6S. The number of aliphatic carboxylic acids is 1. The molecule has 2 aromatic rings. The summed E-state index contributed by atoms with van der Waals surface area (Å²) in [4.78, 5) is 14.4. The van der Waals surface area contributed by atoms with Gasteiger partial charge in [-0.05, 0) is 76.6 Å². The second-order valence-electron chi connectivity index (χ2n) is 8.81. The predicted molar refractivity (Wildman–Crippen MR) is 129 cm³/mol. The number of carboxylic acid groups (broad SMARTS) is 1. The van der Waals surface area contributed by atoms with Gasteiger partial charge in [-0.2, -0.15) is 0 Å². The van der Waals surface area contributed by atoms with E-state index in [-0.39, 0.29) is 11.3 Å². The van der Waals surface area contributed by atoms with E-state index < -0.39 is 20.6 Å². The molecule has 0 bridgehead atoms. The van der Waals surface area contributed by atoms with Crippen LogP contribution in [0.5, 0.6) is 11.5 Å². The minimum Gasteiger partial charge on any atom is -0.497 e. The van der Waals surface area contributed by atoms with Crippen molar-refractivity contribution in [2.24, 2.45) is 0 Å². The van der Waals surface area contributed by atoms with E-state index in [1.165, 1.54) is 38.3 Å². The van der Waals surface area contributed by atoms with Crippen molar-refractivity contribution in [1.82, 2.24) is 4.90 Å². The van der Waals surface area contributed by atoms with Gasteiger partial charge in [0.1, 0.15) is 18.1 Å². The van der Waals surface area contributed by atoms with Gasteiger partial charge in [-0.1, -0.05) is 12.1 Å². The van der Waals surface area contributed by atoms with Crippen LogP contribution in [0, 0.1) is 0 Å². The summed E-state index contributed by atoms with van der Waals surface area (Å²) in [5.74, 6) is -0.256. The van der Waals surface area contributed by atoms with Crippen molar-refractivity contribution in [3.05, 3.63) is 54.1 Å². The Morgan fingerprint density at radius 2 is 1.48 bits per heavy atom. The highest BCUT2D eigenvalue weighted by Crippen LogP contribution is 2.31. The summed E-state index contributed by atoms with van der Waals surface area (Å²) in [7, 11) is -2.69. The van der Waals surface area contributed by atoms with Crippen molar-refractivity contribution in [3.8, 4) is 11.5 Å². The first-order chi connectivity index (χ1) is 15.4. The molecule has 0 aliphatic rings. The van der Waals surface area contributed by atoms with Gasteiger partial charge in [-0.15, -0.1) is 0 Å². The van der Waals surface area contributed by atoms with E-state index in [0.29, 0.717) is 35.8 Å². The van der Waals surface area contributed by atoms with E-state index in [0.717, 1.165) is 6.54 Å². The fraction of sp³-hybridized carbons (Fsp3) is 0.480. The summed E-state index contributed by atoms with van der Waals surface area (Å²) >= 11 is 0. The van der Waals surface area contributed by atoms with E-state index in [1.54, 1.807) is 24.3 Å². The smallest absolute Gasteiger partial charge is 0.325 e. The largest absolute Gasteiger partial charge is 0.497 e. The lowest BCUT2D eigenvalue weighted by molar-refractivity contribution is -0.139. The molecule has 7 nitrogen and oxygen atoms in total. The second-order valence-corrected chi connectivity index (χ2v) is 11.2. The Kier molecular flexibility index (Phi) is 8.91. The zero-order chi connectivity index (χ0) is 24.8. The summed E-state index contributed by atoms with van der Waals surface area (Å²) in [6.45, 7) is 11.1. The first-order valence-corrected chi connectivity index (χ1v) is 12.5. The van der Waals surface area contributed by atoms with Crippen LogP contribution in [0.4, 0.5) is 0 Å². The van der Waals surface area contributed by atoms with Gasteiger partial charge in [0.25, 0.3) is 0 Å². The Morgan fingerprint density at radius 1 is 0.970 bits per heavy atom. The van der Waals surface area contributed by atoms with Crippen molar-refractivity contribution in [2.75, 3.05) is 20.3 Å². The van der Waals surface area contributed by atoms with Crippen molar-refractivity contribution < 1.29 is 27.8 Å². The fourth-order valence-corrected chi connectivity index (χ4v) is 5.38. The highest BCUT2D eigenvalue weighted by atomic mass is 32.2. The van der Waals surface area contributed by atoms with Crippen LogP contribution in [-0.2, 0) is 21.1 Å². The van der Waals surface area contributed by atoms with E-state index >= 15 is 0 Å². The molecule has 0 amide bonds.